The molecule has 82 valence electrons. The van der Waals surface area contributed by atoms with Gasteiger partial charge >= 0.3 is 0 Å². The van der Waals surface area contributed by atoms with Crippen molar-refractivity contribution in [2.24, 2.45) is 0 Å². The lowest BCUT2D eigenvalue weighted by Crippen LogP contribution is -2.15. The number of hydrogen-bond donors (Lipinski definition) is 1. The molecule has 0 heterocycles. The molecule has 0 bridgehead atoms. The highest BCUT2D eigenvalue weighted by molar-refractivity contribution is 7.86. The zero-order chi connectivity index (χ0) is 11.5. The van der Waals surface area contributed by atoms with Gasteiger partial charge < -0.3 is 0 Å². The Morgan fingerprint density at radius 2 is 1.87 bits per heavy atom. The lowest BCUT2D eigenvalue weighted by atomic mass is 10.1. The Labute approximate surface area is 88.7 Å². The number of Topliss-reactive ketones (excluding diaryl/α,β-unsaturated/α-hetero) is 1. The van der Waals surface area contributed by atoms with Gasteiger partial charge in [-0.15, -0.1) is 0 Å². The van der Waals surface area contributed by atoms with Crippen LogP contribution in [0.15, 0.2) is 30.3 Å². The molecule has 0 amide bonds. The summed E-state index contributed by atoms with van der Waals surface area (Å²) in [5.74, 6) is -0.276. The number of hydrogen-bond acceptors (Lipinski definition) is 3. The van der Waals surface area contributed by atoms with E-state index in [1.807, 2.05) is 0 Å². The van der Waals surface area contributed by atoms with Gasteiger partial charge in [0, 0.05) is 6.42 Å². The Kier molecular flexibility index (Phi) is 3.60. The van der Waals surface area contributed by atoms with Crippen LogP contribution in [0.2, 0.25) is 0 Å². The highest BCUT2D eigenvalue weighted by Crippen LogP contribution is 2.24. The molecule has 1 unspecified atom stereocenters. The molecule has 1 aromatic carbocycles. The van der Waals surface area contributed by atoms with Crippen LogP contribution in [0.4, 0.5) is 0 Å². The van der Waals surface area contributed by atoms with Gasteiger partial charge in [0.25, 0.3) is 10.1 Å². The van der Waals surface area contributed by atoms with Gasteiger partial charge in [0.15, 0.2) is 0 Å². The number of carbonyl (C=O) groups excluding carboxylic acids is 1. The first-order valence-electron chi connectivity index (χ1n) is 4.42. The van der Waals surface area contributed by atoms with Crippen LogP contribution >= 0.6 is 0 Å². The predicted molar refractivity (Wildman–Crippen MR) is 56.0 cm³/mol. The number of carbonyl (C=O) groups is 1. The molecule has 1 N–H and O–H groups in total. The fourth-order valence-corrected chi connectivity index (χ4v) is 2.27. The fraction of sp³-hybridized carbons (Fsp3) is 0.300. The maximum atomic E-state index is 11.1. The molecule has 0 saturated carbocycles. The molecule has 1 rings (SSSR count). The Balaban J connectivity index is 3.08. The van der Waals surface area contributed by atoms with Crippen molar-refractivity contribution in [2.45, 2.75) is 18.6 Å². The van der Waals surface area contributed by atoms with Gasteiger partial charge in [-0.1, -0.05) is 30.3 Å². The van der Waals surface area contributed by atoms with Crippen LogP contribution in [0.3, 0.4) is 0 Å². The zero-order valence-electron chi connectivity index (χ0n) is 8.25. The van der Waals surface area contributed by atoms with E-state index in [1.165, 1.54) is 6.92 Å². The summed E-state index contributed by atoms with van der Waals surface area (Å²) in [6.07, 6.45) is -0.206. The quantitative estimate of drug-likeness (QED) is 0.794. The SMILES string of the molecule is CC(=O)CC(c1ccccc1)S(=O)(=O)O. The van der Waals surface area contributed by atoms with E-state index in [0.717, 1.165) is 0 Å². The minimum atomic E-state index is -4.23. The Bertz CT molecular complexity index is 436. The average Bonchev–Trinajstić information content (AvgIpc) is 2.14. The summed E-state index contributed by atoms with van der Waals surface area (Å²) < 4.78 is 31.1. The van der Waals surface area contributed by atoms with Gasteiger partial charge in [0.2, 0.25) is 0 Å². The minimum absolute atomic E-state index is 0.206. The van der Waals surface area contributed by atoms with E-state index < -0.39 is 15.4 Å². The second kappa shape index (κ2) is 4.55. The van der Waals surface area contributed by atoms with E-state index in [1.54, 1.807) is 30.3 Å². The van der Waals surface area contributed by atoms with Crippen molar-refractivity contribution in [2.75, 3.05) is 0 Å². The maximum Gasteiger partial charge on any atom is 0.272 e. The van der Waals surface area contributed by atoms with Gasteiger partial charge in [-0.3, -0.25) is 9.35 Å². The van der Waals surface area contributed by atoms with E-state index in [2.05, 4.69) is 0 Å². The standard InChI is InChI=1S/C10H12O4S/c1-8(11)7-10(15(12,13)14)9-5-3-2-4-6-9/h2-6,10H,7H2,1H3,(H,12,13,14). The smallest absolute Gasteiger partial charge is 0.272 e. The van der Waals surface area contributed by atoms with E-state index in [4.69, 9.17) is 4.55 Å². The number of rotatable bonds is 4. The van der Waals surface area contributed by atoms with E-state index >= 15 is 0 Å². The predicted octanol–water partition coefficient (Wildman–Crippen LogP) is 1.59. The Morgan fingerprint density at radius 3 is 2.27 bits per heavy atom. The molecule has 0 aromatic heterocycles. The molecule has 5 heteroatoms. The second-order valence-electron chi connectivity index (χ2n) is 3.32. The summed E-state index contributed by atoms with van der Waals surface area (Å²) in [4.78, 5) is 10.9. The molecule has 4 nitrogen and oxygen atoms in total. The zero-order valence-corrected chi connectivity index (χ0v) is 9.07. The van der Waals surface area contributed by atoms with Gasteiger partial charge in [-0.05, 0) is 12.5 Å². The van der Waals surface area contributed by atoms with Crippen molar-refractivity contribution in [1.29, 1.82) is 0 Å². The van der Waals surface area contributed by atoms with Gasteiger partial charge in [-0.2, -0.15) is 8.42 Å². The summed E-state index contributed by atoms with van der Waals surface area (Å²) in [6, 6.07) is 8.20. The largest absolute Gasteiger partial charge is 0.300 e. The molecular weight excluding hydrogens is 216 g/mol. The van der Waals surface area contributed by atoms with Crippen LogP contribution in [-0.2, 0) is 14.9 Å². The fourth-order valence-electron chi connectivity index (χ4n) is 1.32. The van der Waals surface area contributed by atoms with E-state index in [0.29, 0.717) is 5.56 Å². The van der Waals surface area contributed by atoms with Crippen molar-refractivity contribution < 1.29 is 17.8 Å². The molecular formula is C10H12O4S. The molecule has 0 saturated heterocycles. The van der Waals surface area contributed by atoms with Crippen LogP contribution < -0.4 is 0 Å². The van der Waals surface area contributed by atoms with Crippen molar-refractivity contribution in [3.05, 3.63) is 35.9 Å². The van der Waals surface area contributed by atoms with Crippen LogP contribution in [-0.4, -0.2) is 18.8 Å². The van der Waals surface area contributed by atoms with Gasteiger partial charge in [-0.25, -0.2) is 0 Å². The maximum absolute atomic E-state index is 11.1. The molecule has 1 aromatic rings. The van der Waals surface area contributed by atoms with Crippen LogP contribution in [0.25, 0.3) is 0 Å². The molecule has 0 aliphatic rings. The highest BCUT2D eigenvalue weighted by Gasteiger charge is 2.26. The minimum Gasteiger partial charge on any atom is -0.300 e. The van der Waals surface area contributed by atoms with Crippen LogP contribution in [0.1, 0.15) is 24.2 Å². The van der Waals surface area contributed by atoms with Crippen LogP contribution in [0.5, 0.6) is 0 Å². The molecule has 0 aliphatic carbocycles. The van der Waals surface area contributed by atoms with Gasteiger partial charge in [0.05, 0.1) is 0 Å². The average molecular weight is 228 g/mol. The Hall–Kier alpha value is -1.20. The summed E-state index contributed by atoms with van der Waals surface area (Å²) in [5, 5.41) is -1.16. The number of ketones is 1. The van der Waals surface area contributed by atoms with E-state index in [9.17, 15) is 13.2 Å². The van der Waals surface area contributed by atoms with Gasteiger partial charge in [0.1, 0.15) is 11.0 Å². The third kappa shape index (κ3) is 3.45. The summed E-state index contributed by atoms with van der Waals surface area (Å²) in [5.41, 5.74) is 0.426. The Morgan fingerprint density at radius 1 is 1.33 bits per heavy atom. The third-order valence-electron chi connectivity index (χ3n) is 2.00. The lowest BCUT2D eigenvalue weighted by molar-refractivity contribution is -0.117. The molecule has 0 spiro atoms. The molecule has 0 fully saturated rings. The second-order valence-corrected chi connectivity index (χ2v) is 4.92. The first-order chi connectivity index (χ1) is 6.91. The normalized spacial score (nSPS) is 13.5. The molecule has 0 radical (unpaired) electrons. The third-order valence-corrected chi connectivity index (χ3v) is 3.16. The summed E-state index contributed by atoms with van der Waals surface area (Å²) in [6.45, 7) is 1.29. The van der Waals surface area contributed by atoms with Crippen molar-refractivity contribution >= 4 is 15.9 Å². The monoisotopic (exact) mass is 228 g/mol. The van der Waals surface area contributed by atoms with Crippen molar-refractivity contribution in [1.82, 2.24) is 0 Å². The van der Waals surface area contributed by atoms with Crippen molar-refractivity contribution in [3.63, 3.8) is 0 Å². The molecule has 0 aliphatic heterocycles. The highest BCUT2D eigenvalue weighted by atomic mass is 32.2. The first kappa shape index (κ1) is 11.9. The summed E-state index contributed by atoms with van der Waals surface area (Å²) >= 11 is 0. The number of benzene rings is 1. The van der Waals surface area contributed by atoms with E-state index in [-0.39, 0.29) is 12.2 Å². The lowest BCUT2D eigenvalue weighted by Gasteiger charge is -2.12. The van der Waals surface area contributed by atoms with Crippen LogP contribution in [0, 0.1) is 0 Å². The first-order valence-corrected chi connectivity index (χ1v) is 5.92. The molecule has 1 atom stereocenters. The molecule has 15 heavy (non-hydrogen) atoms. The topological polar surface area (TPSA) is 71.4 Å². The summed E-state index contributed by atoms with van der Waals surface area (Å²) in [7, 11) is -4.23. The van der Waals surface area contributed by atoms with Crippen molar-refractivity contribution in [3.8, 4) is 0 Å².